The Kier molecular flexibility index (Phi) is 3.70. The molecule has 2 aliphatic rings. The molecule has 1 unspecified atom stereocenters. The van der Waals surface area contributed by atoms with Crippen molar-refractivity contribution in [3.63, 3.8) is 0 Å². The lowest BCUT2D eigenvalue weighted by Crippen LogP contribution is -2.32. The molecule has 1 aliphatic heterocycles. The fraction of sp³-hybridized carbons (Fsp3) is 0.471. The summed E-state index contributed by atoms with van der Waals surface area (Å²) in [6.07, 6.45) is 2.06. The van der Waals surface area contributed by atoms with Crippen molar-refractivity contribution in [1.82, 2.24) is 15.0 Å². The van der Waals surface area contributed by atoms with Gasteiger partial charge in [0.05, 0.1) is 13.7 Å². The zero-order valence-electron chi connectivity index (χ0n) is 13.7. The highest BCUT2D eigenvalue weighted by Gasteiger charge is 2.47. The van der Waals surface area contributed by atoms with E-state index in [1.807, 2.05) is 0 Å². The van der Waals surface area contributed by atoms with Crippen LogP contribution >= 0.6 is 0 Å². The van der Waals surface area contributed by atoms with Crippen LogP contribution in [0.3, 0.4) is 0 Å². The average Bonchev–Trinajstić information content (AvgIpc) is 3.18. The SMILES string of the molecule is COc1ccc(C(=O)N2CCC(F)(c3nc(C4CC4)no3)C2)cc1F. The predicted octanol–water partition coefficient (Wildman–Crippen LogP) is 2.81. The summed E-state index contributed by atoms with van der Waals surface area (Å²) in [7, 11) is 1.35. The zero-order valence-corrected chi connectivity index (χ0v) is 13.7. The van der Waals surface area contributed by atoms with Crippen LogP contribution in [0.1, 0.15) is 47.3 Å². The summed E-state index contributed by atoms with van der Waals surface area (Å²) in [5.41, 5.74) is -1.72. The van der Waals surface area contributed by atoms with Crippen LogP contribution in [-0.4, -0.2) is 41.1 Å². The maximum absolute atomic E-state index is 15.2. The van der Waals surface area contributed by atoms with Crippen LogP contribution in [0.4, 0.5) is 8.78 Å². The maximum Gasteiger partial charge on any atom is 0.266 e. The van der Waals surface area contributed by atoms with Crippen LogP contribution in [0.5, 0.6) is 5.75 Å². The van der Waals surface area contributed by atoms with E-state index in [0.717, 1.165) is 18.9 Å². The van der Waals surface area contributed by atoms with Crippen molar-refractivity contribution in [1.29, 1.82) is 0 Å². The van der Waals surface area contributed by atoms with Crippen molar-refractivity contribution >= 4 is 5.91 Å². The summed E-state index contributed by atoms with van der Waals surface area (Å²) in [5, 5.41) is 3.83. The van der Waals surface area contributed by atoms with E-state index in [9.17, 15) is 9.18 Å². The molecule has 4 rings (SSSR count). The highest BCUT2D eigenvalue weighted by atomic mass is 19.1. The first kappa shape index (κ1) is 16.0. The molecule has 132 valence electrons. The second-order valence-corrected chi connectivity index (χ2v) is 6.52. The minimum absolute atomic E-state index is 0.0521. The van der Waals surface area contributed by atoms with Gasteiger partial charge in [0.2, 0.25) is 5.67 Å². The summed E-state index contributed by atoms with van der Waals surface area (Å²) in [6.45, 7) is 0.00983. The Morgan fingerprint density at radius 1 is 1.44 bits per heavy atom. The molecule has 0 N–H and O–H groups in total. The summed E-state index contributed by atoms with van der Waals surface area (Å²) >= 11 is 0. The highest BCUT2D eigenvalue weighted by Crippen LogP contribution is 2.41. The molecule has 1 saturated carbocycles. The highest BCUT2D eigenvalue weighted by molar-refractivity contribution is 5.94. The number of carbonyl (C=O) groups excluding carboxylic acids is 1. The number of benzene rings is 1. The Labute approximate surface area is 142 Å². The van der Waals surface area contributed by atoms with Crippen LogP contribution in [0.2, 0.25) is 0 Å². The van der Waals surface area contributed by atoms with Crippen LogP contribution < -0.4 is 4.74 Å². The molecule has 1 aromatic carbocycles. The smallest absolute Gasteiger partial charge is 0.266 e. The third-order valence-corrected chi connectivity index (χ3v) is 4.67. The van der Waals surface area contributed by atoms with Gasteiger partial charge in [-0.3, -0.25) is 4.79 Å². The molecular weight excluding hydrogens is 332 g/mol. The summed E-state index contributed by atoms with van der Waals surface area (Å²) in [5.74, 6) is -0.300. The molecule has 6 nitrogen and oxygen atoms in total. The molecule has 1 aromatic heterocycles. The van der Waals surface area contributed by atoms with Gasteiger partial charge in [-0.15, -0.1) is 0 Å². The van der Waals surface area contributed by atoms with Crippen molar-refractivity contribution in [3.05, 3.63) is 41.3 Å². The Hall–Kier alpha value is -2.51. The molecule has 2 aromatic rings. The standard InChI is InChI=1S/C17H17F2N3O3/c1-24-13-5-4-11(8-12(13)18)15(23)22-7-6-17(19,9-22)16-20-14(21-25-16)10-2-3-10/h4-5,8,10H,2-3,6-7,9H2,1H3. The van der Waals surface area contributed by atoms with Crippen molar-refractivity contribution in [2.75, 3.05) is 20.2 Å². The van der Waals surface area contributed by atoms with E-state index in [1.54, 1.807) is 0 Å². The Balaban J connectivity index is 1.50. The zero-order chi connectivity index (χ0) is 17.6. The number of nitrogens with zero attached hydrogens (tertiary/aromatic N) is 3. The number of ether oxygens (including phenoxy) is 1. The van der Waals surface area contributed by atoms with Crippen LogP contribution in [0, 0.1) is 5.82 Å². The molecule has 8 heteroatoms. The number of likely N-dealkylation sites (tertiary alicyclic amines) is 1. The molecule has 2 heterocycles. The van der Waals surface area contributed by atoms with E-state index >= 15 is 4.39 Å². The van der Waals surface area contributed by atoms with Gasteiger partial charge in [0, 0.05) is 24.4 Å². The van der Waals surface area contributed by atoms with Gasteiger partial charge in [-0.1, -0.05) is 5.16 Å². The van der Waals surface area contributed by atoms with Crippen molar-refractivity contribution < 1.29 is 22.8 Å². The van der Waals surface area contributed by atoms with E-state index in [1.165, 1.54) is 24.1 Å². The molecule has 0 spiro atoms. The second kappa shape index (κ2) is 5.79. The number of hydrogen-bond acceptors (Lipinski definition) is 5. The fourth-order valence-electron chi connectivity index (χ4n) is 3.03. The molecule has 1 atom stereocenters. The Morgan fingerprint density at radius 3 is 2.92 bits per heavy atom. The molecule has 0 bridgehead atoms. The van der Waals surface area contributed by atoms with E-state index in [-0.39, 0.29) is 42.6 Å². The lowest BCUT2D eigenvalue weighted by molar-refractivity contribution is 0.0716. The lowest BCUT2D eigenvalue weighted by Gasteiger charge is -2.18. The first-order valence-corrected chi connectivity index (χ1v) is 8.16. The monoisotopic (exact) mass is 349 g/mol. The van der Waals surface area contributed by atoms with E-state index < -0.39 is 17.4 Å². The number of carbonyl (C=O) groups is 1. The number of aromatic nitrogens is 2. The van der Waals surface area contributed by atoms with E-state index in [0.29, 0.717) is 5.82 Å². The molecule has 2 fully saturated rings. The van der Waals surface area contributed by atoms with Gasteiger partial charge < -0.3 is 14.2 Å². The topological polar surface area (TPSA) is 68.5 Å². The minimum atomic E-state index is -1.86. The van der Waals surface area contributed by atoms with Crippen LogP contribution in [0.15, 0.2) is 22.7 Å². The van der Waals surface area contributed by atoms with E-state index in [2.05, 4.69) is 10.1 Å². The molecule has 1 amide bonds. The number of amides is 1. The summed E-state index contributed by atoms with van der Waals surface area (Å²) in [6, 6.07) is 3.93. The first-order chi connectivity index (χ1) is 12.0. The van der Waals surface area contributed by atoms with Gasteiger partial charge in [-0.05, 0) is 31.0 Å². The van der Waals surface area contributed by atoms with Gasteiger partial charge in [-0.2, -0.15) is 4.98 Å². The number of hydrogen-bond donors (Lipinski definition) is 0. The van der Waals surface area contributed by atoms with Gasteiger partial charge in [0.15, 0.2) is 17.4 Å². The van der Waals surface area contributed by atoms with Crippen molar-refractivity contribution in [2.24, 2.45) is 0 Å². The average molecular weight is 349 g/mol. The fourth-order valence-corrected chi connectivity index (χ4v) is 3.03. The largest absolute Gasteiger partial charge is 0.494 e. The van der Waals surface area contributed by atoms with Gasteiger partial charge in [0.25, 0.3) is 11.8 Å². The Bertz CT molecular complexity index is 821. The number of rotatable bonds is 4. The lowest BCUT2D eigenvalue weighted by atomic mass is 10.1. The Morgan fingerprint density at radius 2 is 2.24 bits per heavy atom. The van der Waals surface area contributed by atoms with Crippen molar-refractivity contribution in [3.8, 4) is 5.75 Å². The third kappa shape index (κ3) is 2.85. The number of methoxy groups -OCH3 is 1. The summed E-state index contributed by atoms with van der Waals surface area (Å²) in [4.78, 5) is 18.0. The molecule has 0 radical (unpaired) electrons. The molecule has 1 aliphatic carbocycles. The predicted molar refractivity (Wildman–Crippen MR) is 82.5 cm³/mol. The minimum Gasteiger partial charge on any atom is -0.494 e. The van der Waals surface area contributed by atoms with Gasteiger partial charge >= 0.3 is 0 Å². The number of alkyl halides is 1. The van der Waals surface area contributed by atoms with Gasteiger partial charge in [0.1, 0.15) is 0 Å². The maximum atomic E-state index is 15.2. The number of halogens is 2. The normalized spacial score (nSPS) is 23.1. The van der Waals surface area contributed by atoms with E-state index in [4.69, 9.17) is 9.26 Å². The first-order valence-electron chi connectivity index (χ1n) is 8.16. The van der Waals surface area contributed by atoms with Gasteiger partial charge in [-0.25, -0.2) is 8.78 Å². The molecule has 25 heavy (non-hydrogen) atoms. The van der Waals surface area contributed by atoms with Crippen molar-refractivity contribution in [2.45, 2.75) is 30.8 Å². The van der Waals surface area contributed by atoms with Crippen LogP contribution in [0.25, 0.3) is 0 Å². The third-order valence-electron chi connectivity index (χ3n) is 4.67. The molecular formula is C17H17F2N3O3. The summed E-state index contributed by atoms with van der Waals surface area (Å²) < 4.78 is 38.9. The van der Waals surface area contributed by atoms with Crippen LogP contribution in [-0.2, 0) is 5.67 Å². The molecule has 1 saturated heterocycles. The quantitative estimate of drug-likeness (QED) is 0.849. The second-order valence-electron chi connectivity index (χ2n) is 6.52.